The van der Waals surface area contributed by atoms with Gasteiger partial charge in [-0.05, 0) is 38.1 Å². The van der Waals surface area contributed by atoms with Crippen LogP contribution in [0.15, 0.2) is 0 Å². The maximum atomic E-state index is 12.1. The van der Waals surface area contributed by atoms with Crippen LogP contribution in [-0.4, -0.2) is 29.8 Å². The molecule has 18 heavy (non-hydrogen) atoms. The Bertz CT molecular complexity index is 243. The lowest BCUT2D eigenvalue weighted by atomic mass is 10.0. The highest BCUT2D eigenvalue weighted by Gasteiger charge is 2.25. The van der Waals surface area contributed by atoms with Gasteiger partial charge in [-0.2, -0.15) is 0 Å². The van der Waals surface area contributed by atoms with Gasteiger partial charge in [0.1, 0.15) is 5.78 Å². The molecular formula is C16H31NO. The number of rotatable bonds is 8. The lowest BCUT2D eigenvalue weighted by molar-refractivity contribution is -0.124. The van der Waals surface area contributed by atoms with E-state index in [1.54, 1.807) is 0 Å². The van der Waals surface area contributed by atoms with Crippen LogP contribution in [-0.2, 0) is 4.79 Å². The lowest BCUT2D eigenvalue weighted by Crippen LogP contribution is -2.40. The van der Waals surface area contributed by atoms with E-state index in [-0.39, 0.29) is 5.92 Å². The SMILES string of the molecule is CCC(C)C(=O)CN(CCC(C)C)C1CCCC1. The fourth-order valence-electron chi connectivity index (χ4n) is 2.67. The van der Waals surface area contributed by atoms with E-state index < -0.39 is 0 Å². The van der Waals surface area contributed by atoms with Gasteiger partial charge in [-0.3, -0.25) is 9.69 Å². The van der Waals surface area contributed by atoms with Crippen LogP contribution in [0.5, 0.6) is 0 Å². The summed E-state index contributed by atoms with van der Waals surface area (Å²) in [6, 6.07) is 0.678. The van der Waals surface area contributed by atoms with E-state index in [1.807, 2.05) is 0 Å². The predicted octanol–water partition coefficient (Wildman–Crippen LogP) is 3.89. The van der Waals surface area contributed by atoms with Crippen LogP contribution in [0.4, 0.5) is 0 Å². The van der Waals surface area contributed by atoms with Gasteiger partial charge in [-0.15, -0.1) is 0 Å². The lowest BCUT2D eigenvalue weighted by Gasteiger charge is -2.29. The van der Waals surface area contributed by atoms with Crippen molar-refractivity contribution in [2.45, 2.75) is 72.3 Å². The average Bonchev–Trinajstić information content (AvgIpc) is 2.86. The minimum Gasteiger partial charge on any atom is -0.298 e. The summed E-state index contributed by atoms with van der Waals surface area (Å²) in [6.07, 6.45) is 7.48. The molecule has 1 aliphatic carbocycles. The maximum absolute atomic E-state index is 12.1. The second kappa shape index (κ2) is 7.93. The Balaban J connectivity index is 2.50. The van der Waals surface area contributed by atoms with E-state index in [4.69, 9.17) is 0 Å². The summed E-state index contributed by atoms with van der Waals surface area (Å²) in [4.78, 5) is 14.6. The Morgan fingerprint density at radius 1 is 1.22 bits per heavy atom. The molecule has 0 spiro atoms. The Morgan fingerprint density at radius 2 is 1.83 bits per heavy atom. The van der Waals surface area contributed by atoms with Crippen molar-refractivity contribution in [1.82, 2.24) is 4.90 Å². The fourth-order valence-corrected chi connectivity index (χ4v) is 2.67. The predicted molar refractivity (Wildman–Crippen MR) is 77.7 cm³/mol. The van der Waals surface area contributed by atoms with E-state index in [1.165, 1.54) is 32.1 Å². The second-order valence-corrected chi connectivity index (χ2v) is 6.37. The van der Waals surface area contributed by atoms with Gasteiger partial charge < -0.3 is 0 Å². The van der Waals surface area contributed by atoms with E-state index in [0.717, 1.165) is 18.9 Å². The third-order valence-corrected chi connectivity index (χ3v) is 4.36. The fraction of sp³-hybridized carbons (Fsp3) is 0.938. The van der Waals surface area contributed by atoms with Crippen molar-refractivity contribution in [2.24, 2.45) is 11.8 Å². The van der Waals surface area contributed by atoms with Gasteiger partial charge in [0.05, 0.1) is 6.54 Å². The molecule has 1 rings (SSSR count). The average molecular weight is 253 g/mol. The monoisotopic (exact) mass is 253 g/mol. The minimum absolute atomic E-state index is 0.230. The molecule has 0 aromatic rings. The summed E-state index contributed by atoms with van der Waals surface area (Å²) in [5.41, 5.74) is 0. The van der Waals surface area contributed by atoms with Gasteiger partial charge in [-0.1, -0.05) is 40.5 Å². The number of carbonyl (C=O) groups excluding carboxylic acids is 1. The Hall–Kier alpha value is -0.370. The standard InChI is InChI=1S/C16H31NO/c1-5-14(4)16(18)12-17(11-10-13(2)3)15-8-6-7-9-15/h13-15H,5-12H2,1-4H3. The number of carbonyl (C=O) groups is 1. The molecule has 0 bridgehead atoms. The third-order valence-electron chi connectivity index (χ3n) is 4.36. The van der Waals surface area contributed by atoms with Crippen molar-refractivity contribution in [1.29, 1.82) is 0 Å². The van der Waals surface area contributed by atoms with Gasteiger partial charge in [0.15, 0.2) is 0 Å². The van der Waals surface area contributed by atoms with Crippen LogP contribution in [0.2, 0.25) is 0 Å². The zero-order valence-corrected chi connectivity index (χ0v) is 12.7. The molecule has 1 atom stereocenters. The van der Waals surface area contributed by atoms with Crippen LogP contribution >= 0.6 is 0 Å². The van der Waals surface area contributed by atoms with Gasteiger partial charge in [0.25, 0.3) is 0 Å². The molecule has 0 amide bonds. The summed E-state index contributed by atoms with van der Waals surface area (Å²) < 4.78 is 0. The minimum atomic E-state index is 0.230. The molecule has 1 fully saturated rings. The first-order chi connectivity index (χ1) is 8.54. The number of Topliss-reactive ketones (excluding diaryl/α,β-unsaturated/α-hetero) is 1. The quantitative estimate of drug-likeness (QED) is 0.654. The molecule has 1 saturated carbocycles. The first kappa shape index (κ1) is 15.7. The summed E-state index contributed by atoms with van der Waals surface area (Å²) in [5, 5.41) is 0. The molecule has 0 radical (unpaired) electrons. The zero-order chi connectivity index (χ0) is 13.5. The summed E-state index contributed by atoms with van der Waals surface area (Å²) in [5.74, 6) is 1.40. The molecule has 106 valence electrons. The molecule has 0 saturated heterocycles. The second-order valence-electron chi connectivity index (χ2n) is 6.37. The number of hydrogen-bond acceptors (Lipinski definition) is 2. The van der Waals surface area contributed by atoms with E-state index in [9.17, 15) is 4.79 Å². The maximum Gasteiger partial charge on any atom is 0.149 e. The Labute approximate surface area is 113 Å². The first-order valence-corrected chi connectivity index (χ1v) is 7.81. The summed E-state index contributed by atoms with van der Waals surface area (Å²) >= 11 is 0. The number of nitrogens with zero attached hydrogens (tertiary/aromatic N) is 1. The smallest absolute Gasteiger partial charge is 0.149 e. The molecule has 0 N–H and O–H groups in total. The first-order valence-electron chi connectivity index (χ1n) is 7.81. The normalized spacial score (nSPS) is 18.8. The molecular weight excluding hydrogens is 222 g/mol. The van der Waals surface area contributed by atoms with Crippen LogP contribution in [0.1, 0.15) is 66.2 Å². The highest BCUT2D eigenvalue weighted by atomic mass is 16.1. The molecule has 1 unspecified atom stereocenters. The zero-order valence-electron chi connectivity index (χ0n) is 12.7. The number of hydrogen-bond donors (Lipinski definition) is 0. The molecule has 2 heteroatoms. The highest BCUT2D eigenvalue weighted by molar-refractivity contribution is 5.82. The summed E-state index contributed by atoms with van der Waals surface area (Å²) in [6.45, 7) is 10.5. The molecule has 0 heterocycles. The van der Waals surface area contributed by atoms with Gasteiger partial charge in [-0.25, -0.2) is 0 Å². The molecule has 2 nitrogen and oxygen atoms in total. The Kier molecular flexibility index (Phi) is 6.91. The van der Waals surface area contributed by atoms with Crippen LogP contribution in [0, 0.1) is 11.8 Å². The van der Waals surface area contributed by atoms with Crippen molar-refractivity contribution in [3.05, 3.63) is 0 Å². The van der Waals surface area contributed by atoms with Crippen LogP contribution in [0.3, 0.4) is 0 Å². The Morgan fingerprint density at radius 3 is 2.33 bits per heavy atom. The van der Waals surface area contributed by atoms with Gasteiger partial charge in [0, 0.05) is 12.0 Å². The molecule has 1 aliphatic rings. The highest BCUT2D eigenvalue weighted by Crippen LogP contribution is 2.24. The summed E-state index contributed by atoms with van der Waals surface area (Å²) in [7, 11) is 0. The molecule has 0 aromatic carbocycles. The molecule has 0 aliphatic heterocycles. The van der Waals surface area contributed by atoms with Gasteiger partial charge >= 0.3 is 0 Å². The van der Waals surface area contributed by atoms with Crippen molar-refractivity contribution < 1.29 is 4.79 Å². The van der Waals surface area contributed by atoms with Gasteiger partial charge in [0.2, 0.25) is 0 Å². The van der Waals surface area contributed by atoms with E-state index in [2.05, 4.69) is 32.6 Å². The van der Waals surface area contributed by atoms with Crippen molar-refractivity contribution in [3.63, 3.8) is 0 Å². The molecule has 0 aromatic heterocycles. The van der Waals surface area contributed by atoms with Crippen LogP contribution in [0.25, 0.3) is 0 Å². The third kappa shape index (κ3) is 5.09. The van der Waals surface area contributed by atoms with Crippen molar-refractivity contribution in [2.75, 3.05) is 13.1 Å². The van der Waals surface area contributed by atoms with Crippen molar-refractivity contribution >= 4 is 5.78 Å². The van der Waals surface area contributed by atoms with E-state index in [0.29, 0.717) is 18.4 Å². The largest absolute Gasteiger partial charge is 0.298 e. The number of ketones is 1. The topological polar surface area (TPSA) is 20.3 Å². The van der Waals surface area contributed by atoms with E-state index >= 15 is 0 Å². The van der Waals surface area contributed by atoms with Crippen LogP contribution < -0.4 is 0 Å². The van der Waals surface area contributed by atoms with Crippen molar-refractivity contribution in [3.8, 4) is 0 Å².